The zero-order valence-corrected chi connectivity index (χ0v) is 13.9. The summed E-state index contributed by atoms with van der Waals surface area (Å²) in [5.41, 5.74) is 4.06. The van der Waals surface area contributed by atoms with E-state index in [1.54, 1.807) is 24.3 Å². The van der Waals surface area contributed by atoms with Gasteiger partial charge in [0.15, 0.2) is 17.3 Å². The second-order valence-electron chi connectivity index (χ2n) is 4.94. The monoisotopic (exact) mass is 371 g/mol. The molecule has 0 aliphatic rings. The number of aromatic nitrogens is 2. The summed E-state index contributed by atoms with van der Waals surface area (Å²) in [6.45, 7) is 0. The minimum absolute atomic E-state index is 0.0182. The van der Waals surface area contributed by atoms with E-state index >= 15 is 0 Å². The van der Waals surface area contributed by atoms with Crippen LogP contribution < -0.4 is 20.3 Å². The third-order valence-electron chi connectivity index (χ3n) is 3.29. The average Bonchev–Trinajstić information content (AvgIpc) is 3.21. The number of anilines is 1. The predicted octanol–water partition coefficient (Wildman–Crippen LogP) is 2.54. The molecule has 3 rings (SSSR count). The Morgan fingerprint density at radius 3 is 2.63 bits per heavy atom. The van der Waals surface area contributed by atoms with E-state index in [1.165, 1.54) is 25.5 Å². The minimum Gasteiger partial charge on any atom is -0.493 e. The molecule has 2 heterocycles. The molecule has 0 saturated carbocycles. The average molecular weight is 371 g/mol. The summed E-state index contributed by atoms with van der Waals surface area (Å²) in [5.74, 6) is -0.614. The van der Waals surface area contributed by atoms with Crippen molar-refractivity contribution < 1.29 is 23.6 Å². The number of nitrogens with one attached hydrogen (secondary N) is 2. The molecule has 2 aromatic heterocycles. The van der Waals surface area contributed by atoms with Gasteiger partial charge in [-0.2, -0.15) is 4.98 Å². The fourth-order valence-electron chi connectivity index (χ4n) is 2.09. The fraction of sp³-hybridized carbons (Fsp3) is 0.0625. The van der Waals surface area contributed by atoms with Gasteiger partial charge in [-0.05, 0) is 24.3 Å². The van der Waals surface area contributed by atoms with Gasteiger partial charge in [0.25, 0.3) is 0 Å². The van der Waals surface area contributed by atoms with Crippen molar-refractivity contribution in [2.75, 3.05) is 12.5 Å². The van der Waals surface area contributed by atoms with Crippen molar-refractivity contribution in [3.63, 3.8) is 0 Å². The van der Waals surface area contributed by atoms with Crippen LogP contribution in [0.25, 0.3) is 0 Å². The van der Waals surface area contributed by atoms with Gasteiger partial charge in [-0.25, -0.2) is 4.98 Å². The van der Waals surface area contributed by atoms with E-state index in [4.69, 9.17) is 13.9 Å². The highest BCUT2D eigenvalue weighted by Gasteiger charge is 2.26. The quantitative estimate of drug-likeness (QED) is 0.473. The van der Waals surface area contributed by atoms with E-state index in [9.17, 15) is 14.9 Å². The number of hydrogen-bond donors (Lipinski definition) is 2. The molecule has 3 aromatic rings. The Morgan fingerprint density at radius 2 is 1.96 bits per heavy atom. The number of nitrogens with zero attached hydrogens (tertiary/aromatic N) is 3. The smallest absolute Gasteiger partial charge is 0.374 e. The second kappa shape index (κ2) is 7.82. The van der Waals surface area contributed by atoms with Gasteiger partial charge in [0, 0.05) is 0 Å². The van der Waals surface area contributed by atoms with Gasteiger partial charge in [0.05, 0.1) is 18.3 Å². The zero-order chi connectivity index (χ0) is 19.2. The summed E-state index contributed by atoms with van der Waals surface area (Å²) in [6, 6.07) is 9.55. The minimum atomic E-state index is -0.730. The number of para-hydroxylation sites is 2. The highest BCUT2D eigenvalue weighted by Crippen LogP contribution is 2.37. The van der Waals surface area contributed by atoms with Crippen LogP contribution in [-0.2, 0) is 0 Å². The predicted molar refractivity (Wildman–Crippen MR) is 91.6 cm³/mol. The van der Waals surface area contributed by atoms with Gasteiger partial charge in [-0.3, -0.25) is 25.8 Å². The highest BCUT2D eigenvalue weighted by atomic mass is 16.6. The lowest BCUT2D eigenvalue weighted by Gasteiger charge is -2.11. The first-order valence-corrected chi connectivity index (χ1v) is 7.50. The molecule has 1 aromatic carbocycles. The van der Waals surface area contributed by atoms with Crippen LogP contribution in [0.1, 0.15) is 10.6 Å². The van der Waals surface area contributed by atoms with Crippen molar-refractivity contribution in [3.8, 4) is 17.4 Å². The first-order chi connectivity index (χ1) is 13.1. The highest BCUT2D eigenvalue weighted by molar-refractivity contribution is 5.92. The molecule has 27 heavy (non-hydrogen) atoms. The molecule has 0 aliphatic carbocycles. The largest absolute Gasteiger partial charge is 0.493 e. The van der Waals surface area contributed by atoms with Crippen molar-refractivity contribution >= 4 is 17.4 Å². The van der Waals surface area contributed by atoms with E-state index in [2.05, 4.69) is 20.8 Å². The second-order valence-corrected chi connectivity index (χ2v) is 4.94. The van der Waals surface area contributed by atoms with Crippen molar-refractivity contribution in [1.82, 2.24) is 15.4 Å². The lowest BCUT2D eigenvalue weighted by molar-refractivity contribution is -0.385. The van der Waals surface area contributed by atoms with Crippen LogP contribution >= 0.6 is 0 Å². The molecule has 0 spiro atoms. The maximum absolute atomic E-state index is 11.9. The number of benzene rings is 1. The molecule has 0 aliphatic heterocycles. The molecule has 11 heteroatoms. The number of ether oxygens (including phenoxy) is 2. The Kier molecular flexibility index (Phi) is 5.12. The van der Waals surface area contributed by atoms with E-state index in [0.29, 0.717) is 5.75 Å². The maximum atomic E-state index is 11.9. The van der Waals surface area contributed by atoms with Gasteiger partial charge in [0.1, 0.15) is 6.33 Å². The van der Waals surface area contributed by atoms with Gasteiger partial charge < -0.3 is 13.9 Å². The number of hydrogen-bond acceptors (Lipinski definition) is 9. The third-order valence-corrected chi connectivity index (χ3v) is 3.29. The number of rotatable bonds is 7. The van der Waals surface area contributed by atoms with Gasteiger partial charge in [-0.1, -0.05) is 12.1 Å². The molecule has 2 N–H and O–H groups in total. The maximum Gasteiger partial charge on any atom is 0.374 e. The number of carbonyl (C=O) groups is 1. The summed E-state index contributed by atoms with van der Waals surface area (Å²) in [6.07, 6.45) is 2.38. The molecule has 11 nitrogen and oxygen atoms in total. The van der Waals surface area contributed by atoms with Crippen LogP contribution in [0.5, 0.6) is 17.4 Å². The Hall–Kier alpha value is -4.15. The van der Waals surface area contributed by atoms with Crippen molar-refractivity contribution in [1.29, 1.82) is 0 Å². The third kappa shape index (κ3) is 3.92. The van der Waals surface area contributed by atoms with Crippen molar-refractivity contribution in [2.45, 2.75) is 0 Å². The summed E-state index contributed by atoms with van der Waals surface area (Å²) < 4.78 is 15.6. The summed E-state index contributed by atoms with van der Waals surface area (Å²) in [5, 5.41) is 11.5. The van der Waals surface area contributed by atoms with Crippen LogP contribution in [0.4, 0.5) is 11.5 Å². The summed E-state index contributed by atoms with van der Waals surface area (Å²) in [4.78, 5) is 30.2. The Morgan fingerprint density at radius 1 is 1.19 bits per heavy atom. The van der Waals surface area contributed by atoms with Crippen LogP contribution in [0.15, 0.2) is 53.4 Å². The number of amides is 1. The first kappa shape index (κ1) is 17.7. The molecule has 0 saturated heterocycles. The lowest BCUT2D eigenvalue weighted by Crippen LogP contribution is -2.30. The molecule has 0 unspecified atom stereocenters. The molecule has 1 amide bonds. The lowest BCUT2D eigenvalue weighted by atomic mass is 10.3. The molecule has 0 radical (unpaired) electrons. The molecule has 0 bridgehead atoms. The van der Waals surface area contributed by atoms with Crippen LogP contribution in [0.3, 0.4) is 0 Å². The number of hydrazine groups is 1. The van der Waals surface area contributed by atoms with E-state index in [0.717, 1.165) is 6.33 Å². The zero-order valence-electron chi connectivity index (χ0n) is 13.9. The van der Waals surface area contributed by atoms with Crippen LogP contribution in [0, 0.1) is 10.1 Å². The van der Waals surface area contributed by atoms with E-state index < -0.39 is 16.5 Å². The Balaban J connectivity index is 1.86. The van der Waals surface area contributed by atoms with Crippen molar-refractivity contribution in [3.05, 3.63) is 64.9 Å². The fourth-order valence-corrected chi connectivity index (χ4v) is 2.09. The van der Waals surface area contributed by atoms with Crippen molar-refractivity contribution in [2.24, 2.45) is 0 Å². The van der Waals surface area contributed by atoms with Gasteiger partial charge >= 0.3 is 17.5 Å². The molecule has 0 fully saturated rings. The summed E-state index contributed by atoms with van der Waals surface area (Å²) in [7, 11) is 1.44. The molecular formula is C16H13N5O6. The van der Waals surface area contributed by atoms with Gasteiger partial charge in [0.2, 0.25) is 5.82 Å². The number of methoxy groups -OCH3 is 1. The van der Waals surface area contributed by atoms with Gasteiger partial charge in [-0.15, -0.1) is 0 Å². The standard InChI is InChI=1S/C16H13N5O6/c1-25-10-5-2-3-6-11(10)27-16-13(21(23)24)14(17-9-18-16)19-20-15(22)12-7-4-8-26-12/h2-9H,1H3,(H,20,22)(H,17,18,19). The number of carbonyl (C=O) groups excluding carboxylic acids is 1. The molecule has 0 atom stereocenters. The van der Waals surface area contributed by atoms with E-state index in [-0.39, 0.29) is 23.2 Å². The normalized spacial score (nSPS) is 10.1. The number of nitro groups is 1. The number of furan rings is 1. The van der Waals surface area contributed by atoms with Crippen LogP contribution in [0.2, 0.25) is 0 Å². The SMILES string of the molecule is COc1ccccc1Oc1ncnc(NNC(=O)c2ccco2)c1[N+](=O)[O-]. The molecular weight excluding hydrogens is 358 g/mol. The van der Waals surface area contributed by atoms with Crippen LogP contribution in [-0.4, -0.2) is 27.9 Å². The van der Waals surface area contributed by atoms with E-state index in [1.807, 2.05) is 0 Å². The molecule has 138 valence electrons. The summed E-state index contributed by atoms with van der Waals surface area (Å²) >= 11 is 0. The topological polar surface area (TPSA) is 142 Å². The first-order valence-electron chi connectivity index (χ1n) is 7.50. The Bertz CT molecular complexity index is 960. The Labute approximate surface area is 152 Å².